The summed E-state index contributed by atoms with van der Waals surface area (Å²) in [5.41, 5.74) is 1.02. The predicted molar refractivity (Wildman–Crippen MR) is 74.9 cm³/mol. The second kappa shape index (κ2) is 6.98. The topological polar surface area (TPSA) is 63.9 Å². The molecule has 0 aliphatic rings. The van der Waals surface area contributed by atoms with Gasteiger partial charge in [0.05, 0.1) is 20.5 Å². The number of nitrogens with one attached hydrogen (secondary N) is 1. The molecule has 0 aliphatic heterocycles. The van der Waals surface area contributed by atoms with Gasteiger partial charge in [-0.2, -0.15) is 0 Å². The summed E-state index contributed by atoms with van der Waals surface area (Å²) in [5.74, 6) is 2.04. The zero-order chi connectivity index (χ0) is 14.4. The number of aliphatic hydroxyl groups excluding tert-OH is 1. The molecular weight excluding hydrogens is 258 g/mol. The highest BCUT2D eigenvalue weighted by Gasteiger charge is 2.09. The Bertz CT molecular complexity index is 502. The van der Waals surface area contributed by atoms with E-state index in [0.29, 0.717) is 18.8 Å². The van der Waals surface area contributed by atoms with E-state index in [1.807, 2.05) is 18.2 Å². The zero-order valence-corrected chi connectivity index (χ0v) is 11.6. The fourth-order valence-electron chi connectivity index (χ4n) is 1.90. The Morgan fingerprint density at radius 2 is 1.90 bits per heavy atom. The molecule has 0 saturated heterocycles. The Hall–Kier alpha value is -1.98. The Morgan fingerprint density at radius 3 is 2.45 bits per heavy atom. The minimum atomic E-state index is -0.655. The maximum Gasteiger partial charge on any atom is 0.133 e. The third kappa shape index (κ3) is 3.76. The second-order valence-electron chi connectivity index (χ2n) is 4.38. The molecule has 1 atom stereocenters. The third-order valence-corrected chi connectivity index (χ3v) is 2.95. The van der Waals surface area contributed by atoms with Gasteiger partial charge in [-0.3, -0.25) is 0 Å². The fourth-order valence-corrected chi connectivity index (χ4v) is 1.90. The van der Waals surface area contributed by atoms with E-state index >= 15 is 0 Å². The molecule has 0 bridgehead atoms. The van der Waals surface area contributed by atoms with Gasteiger partial charge in [0.1, 0.15) is 23.4 Å². The summed E-state index contributed by atoms with van der Waals surface area (Å²) in [7, 11) is 3.24. The van der Waals surface area contributed by atoms with Crippen molar-refractivity contribution in [2.24, 2.45) is 0 Å². The van der Waals surface area contributed by atoms with Gasteiger partial charge in [0.25, 0.3) is 0 Å². The molecule has 1 aromatic carbocycles. The number of furan rings is 1. The molecule has 2 aromatic rings. The molecule has 0 amide bonds. The molecule has 108 valence electrons. The van der Waals surface area contributed by atoms with Crippen LogP contribution in [0.4, 0.5) is 0 Å². The SMILES string of the molecule is COc1cc(CNCC(O)c2ccco2)cc(OC)c1. The van der Waals surface area contributed by atoms with Crippen LogP contribution in [0, 0.1) is 0 Å². The number of aliphatic hydroxyl groups is 1. The van der Waals surface area contributed by atoms with Crippen LogP contribution in [0.2, 0.25) is 0 Å². The highest BCUT2D eigenvalue weighted by Crippen LogP contribution is 2.22. The molecule has 1 aromatic heterocycles. The summed E-state index contributed by atoms with van der Waals surface area (Å²) in [4.78, 5) is 0. The van der Waals surface area contributed by atoms with Crippen LogP contribution in [0.3, 0.4) is 0 Å². The van der Waals surface area contributed by atoms with Crippen molar-refractivity contribution in [2.75, 3.05) is 20.8 Å². The summed E-state index contributed by atoms with van der Waals surface area (Å²) in [6.07, 6.45) is 0.892. The molecule has 0 saturated carbocycles. The molecule has 0 radical (unpaired) electrons. The molecule has 5 nitrogen and oxygen atoms in total. The molecule has 1 heterocycles. The Labute approximate surface area is 118 Å². The summed E-state index contributed by atoms with van der Waals surface area (Å²) in [5, 5.41) is 13.1. The van der Waals surface area contributed by atoms with Crippen LogP contribution in [-0.4, -0.2) is 25.9 Å². The minimum absolute atomic E-state index is 0.410. The number of ether oxygens (including phenoxy) is 2. The van der Waals surface area contributed by atoms with E-state index in [9.17, 15) is 5.11 Å². The Balaban J connectivity index is 1.90. The highest BCUT2D eigenvalue weighted by molar-refractivity contribution is 5.38. The van der Waals surface area contributed by atoms with E-state index in [2.05, 4.69) is 5.32 Å². The van der Waals surface area contributed by atoms with E-state index in [4.69, 9.17) is 13.9 Å². The summed E-state index contributed by atoms with van der Waals surface area (Å²) >= 11 is 0. The van der Waals surface area contributed by atoms with Gasteiger partial charge in [-0.1, -0.05) is 0 Å². The van der Waals surface area contributed by atoms with Gasteiger partial charge in [-0.05, 0) is 29.8 Å². The van der Waals surface area contributed by atoms with Gasteiger partial charge in [0, 0.05) is 19.2 Å². The van der Waals surface area contributed by atoms with E-state index in [1.165, 1.54) is 0 Å². The van der Waals surface area contributed by atoms with Gasteiger partial charge < -0.3 is 24.3 Å². The lowest BCUT2D eigenvalue weighted by Crippen LogP contribution is -2.20. The van der Waals surface area contributed by atoms with Crippen molar-refractivity contribution in [1.82, 2.24) is 5.32 Å². The van der Waals surface area contributed by atoms with E-state index in [-0.39, 0.29) is 0 Å². The maximum atomic E-state index is 9.88. The van der Waals surface area contributed by atoms with Crippen molar-refractivity contribution in [1.29, 1.82) is 0 Å². The summed E-state index contributed by atoms with van der Waals surface area (Å²) in [6.45, 7) is 1.01. The minimum Gasteiger partial charge on any atom is -0.497 e. The van der Waals surface area contributed by atoms with Gasteiger partial charge in [0.2, 0.25) is 0 Å². The molecule has 2 N–H and O–H groups in total. The van der Waals surface area contributed by atoms with E-state index in [0.717, 1.165) is 17.1 Å². The average Bonchev–Trinajstić information content (AvgIpc) is 3.01. The van der Waals surface area contributed by atoms with Crippen molar-refractivity contribution in [3.63, 3.8) is 0 Å². The normalized spacial score (nSPS) is 12.2. The number of benzene rings is 1. The fraction of sp³-hybridized carbons (Fsp3) is 0.333. The second-order valence-corrected chi connectivity index (χ2v) is 4.38. The lowest BCUT2D eigenvalue weighted by Gasteiger charge is -2.11. The first kappa shape index (κ1) is 14.4. The predicted octanol–water partition coefficient (Wildman–Crippen LogP) is 2.12. The first-order valence-electron chi connectivity index (χ1n) is 6.37. The molecule has 2 rings (SSSR count). The van der Waals surface area contributed by atoms with Crippen LogP contribution >= 0.6 is 0 Å². The molecular formula is C15H19NO4. The molecule has 1 unspecified atom stereocenters. The van der Waals surface area contributed by atoms with Crippen molar-refractivity contribution in [3.05, 3.63) is 47.9 Å². The first-order valence-corrected chi connectivity index (χ1v) is 6.37. The van der Waals surface area contributed by atoms with Crippen LogP contribution in [0.5, 0.6) is 11.5 Å². The number of hydrogen-bond donors (Lipinski definition) is 2. The molecule has 20 heavy (non-hydrogen) atoms. The van der Waals surface area contributed by atoms with Crippen molar-refractivity contribution in [2.45, 2.75) is 12.6 Å². The van der Waals surface area contributed by atoms with Crippen LogP contribution in [0.15, 0.2) is 41.0 Å². The lowest BCUT2D eigenvalue weighted by molar-refractivity contribution is 0.147. The van der Waals surface area contributed by atoms with Gasteiger partial charge >= 0.3 is 0 Å². The molecule has 5 heteroatoms. The van der Waals surface area contributed by atoms with Gasteiger partial charge in [-0.15, -0.1) is 0 Å². The Morgan fingerprint density at radius 1 is 1.20 bits per heavy atom. The smallest absolute Gasteiger partial charge is 0.133 e. The number of methoxy groups -OCH3 is 2. The quantitative estimate of drug-likeness (QED) is 0.811. The van der Waals surface area contributed by atoms with Crippen LogP contribution < -0.4 is 14.8 Å². The molecule has 0 aliphatic carbocycles. The van der Waals surface area contributed by atoms with Crippen molar-refractivity contribution < 1.29 is 19.0 Å². The third-order valence-electron chi connectivity index (χ3n) is 2.95. The van der Waals surface area contributed by atoms with Crippen LogP contribution in [0.25, 0.3) is 0 Å². The van der Waals surface area contributed by atoms with E-state index in [1.54, 1.807) is 32.6 Å². The maximum absolute atomic E-state index is 9.88. The monoisotopic (exact) mass is 277 g/mol. The van der Waals surface area contributed by atoms with Crippen LogP contribution in [0.1, 0.15) is 17.4 Å². The van der Waals surface area contributed by atoms with E-state index < -0.39 is 6.10 Å². The lowest BCUT2D eigenvalue weighted by atomic mass is 10.2. The zero-order valence-electron chi connectivity index (χ0n) is 11.6. The largest absolute Gasteiger partial charge is 0.497 e. The highest BCUT2D eigenvalue weighted by atomic mass is 16.5. The van der Waals surface area contributed by atoms with Crippen molar-refractivity contribution >= 4 is 0 Å². The molecule has 0 fully saturated rings. The number of hydrogen-bond acceptors (Lipinski definition) is 5. The number of rotatable bonds is 7. The van der Waals surface area contributed by atoms with Crippen molar-refractivity contribution in [3.8, 4) is 11.5 Å². The molecule has 0 spiro atoms. The standard InChI is InChI=1S/C15H19NO4/c1-18-12-6-11(7-13(8-12)19-2)9-16-10-14(17)15-4-3-5-20-15/h3-8,14,16-17H,9-10H2,1-2H3. The van der Waals surface area contributed by atoms with Gasteiger partial charge in [-0.25, -0.2) is 0 Å². The Kier molecular flexibility index (Phi) is 5.03. The summed E-state index contributed by atoms with van der Waals surface area (Å²) < 4.78 is 15.6. The van der Waals surface area contributed by atoms with Gasteiger partial charge in [0.15, 0.2) is 0 Å². The van der Waals surface area contributed by atoms with Crippen LogP contribution in [-0.2, 0) is 6.54 Å². The first-order chi connectivity index (χ1) is 9.72. The average molecular weight is 277 g/mol. The summed E-state index contributed by atoms with van der Waals surface area (Å²) in [6, 6.07) is 9.18.